The monoisotopic (exact) mass is 911 g/mol. The number of hydrogen-bond donors (Lipinski definition) is 1. The lowest BCUT2D eigenvalue weighted by Gasteiger charge is -2.25. The van der Waals surface area contributed by atoms with Gasteiger partial charge in [-0.2, -0.15) is 0 Å². The van der Waals surface area contributed by atoms with Crippen LogP contribution in [0.2, 0.25) is 0 Å². The van der Waals surface area contributed by atoms with E-state index in [4.69, 9.17) is 18.9 Å². The van der Waals surface area contributed by atoms with Crippen molar-refractivity contribution in [3.63, 3.8) is 0 Å². The van der Waals surface area contributed by atoms with Gasteiger partial charge in [-0.1, -0.05) is 195 Å². The van der Waals surface area contributed by atoms with Gasteiger partial charge in [0.2, 0.25) is 0 Å². The van der Waals surface area contributed by atoms with E-state index in [1.807, 2.05) is 21.1 Å². The van der Waals surface area contributed by atoms with Crippen LogP contribution in [0.5, 0.6) is 0 Å². The molecule has 2 unspecified atom stereocenters. The first-order valence-corrected chi connectivity index (χ1v) is 25.8. The van der Waals surface area contributed by atoms with Crippen LogP contribution in [-0.4, -0.2) is 87.4 Å². The summed E-state index contributed by atoms with van der Waals surface area (Å²) >= 11 is 0. The summed E-state index contributed by atoms with van der Waals surface area (Å²) < 4.78 is 22.6. The number of rotatable bonds is 46. The number of likely N-dealkylation sites (N-methyl/N-ethyl adjacent to an activating group) is 1. The topological polar surface area (TPSA) is 108 Å². The first-order valence-electron chi connectivity index (χ1n) is 25.8. The molecule has 372 valence electrons. The molecular formula is C56H96NO8+. The number of ether oxygens (including phenoxy) is 4. The van der Waals surface area contributed by atoms with Crippen LogP contribution in [0.3, 0.4) is 0 Å². The zero-order valence-electron chi connectivity index (χ0n) is 42.1. The molecule has 9 nitrogen and oxygen atoms in total. The SMILES string of the molecule is CC/C=C\C/C=C\C/C=C\C/C=C\C/C=C\C/C=C\C/C=C\CCCCCCCCCCCCCCCC(=O)OC(COC(=O)CCCCCCC)COC(OCC[N+](C)(C)C)C(=O)O. The fraction of sp³-hybridized carbons (Fsp3) is 0.696. The molecule has 0 aromatic rings. The number of esters is 2. The second-order valence-corrected chi connectivity index (χ2v) is 18.1. The zero-order chi connectivity index (χ0) is 47.7. The summed E-state index contributed by atoms with van der Waals surface area (Å²) in [5.41, 5.74) is 0. The number of carboxylic acids is 1. The third-order valence-corrected chi connectivity index (χ3v) is 10.7. The van der Waals surface area contributed by atoms with Crippen molar-refractivity contribution in [1.82, 2.24) is 0 Å². The minimum Gasteiger partial charge on any atom is -0.477 e. The second kappa shape index (κ2) is 47.0. The van der Waals surface area contributed by atoms with Crippen LogP contribution in [0.25, 0.3) is 0 Å². The summed E-state index contributed by atoms with van der Waals surface area (Å²) in [5, 5.41) is 9.60. The van der Waals surface area contributed by atoms with Crippen molar-refractivity contribution in [2.45, 2.75) is 206 Å². The van der Waals surface area contributed by atoms with Crippen molar-refractivity contribution in [2.75, 3.05) is 47.5 Å². The molecule has 9 heteroatoms. The summed E-state index contributed by atoms with van der Waals surface area (Å²) in [5.74, 6) is -2.03. The van der Waals surface area contributed by atoms with Crippen LogP contribution < -0.4 is 0 Å². The predicted molar refractivity (Wildman–Crippen MR) is 272 cm³/mol. The highest BCUT2D eigenvalue weighted by Gasteiger charge is 2.25. The van der Waals surface area contributed by atoms with Crippen molar-refractivity contribution in [1.29, 1.82) is 0 Å². The van der Waals surface area contributed by atoms with Gasteiger partial charge in [0, 0.05) is 12.8 Å². The van der Waals surface area contributed by atoms with Crippen LogP contribution in [0.15, 0.2) is 85.1 Å². The van der Waals surface area contributed by atoms with E-state index in [2.05, 4.69) is 98.9 Å². The normalized spacial score (nSPS) is 13.6. The molecule has 0 aromatic heterocycles. The van der Waals surface area contributed by atoms with Crippen molar-refractivity contribution in [3.8, 4) is 0 Å². The molecule has 0 saturated carbocycles. The van der Waals surface area contributed by atoms with Gasteiger partial charge in [-0.3, -0.25) is 9.59 Å². The number of aliphatic carboxylic acids is 1. The maximum Gasteiger partial charge on any atom is 0.361 e. The third kappa shape index (κ3) is 48.2. The Morgan fingerprint density at radius 3 is 1.31 bits per heavy atom. The Labute approximate surface area is 398 Å². The quantitative estimate of drug-likeness (QED) is 0.0211. The molecule has 0 aliphatic carbocycles. The van der Waals surface area contributed by atoms with Gasteiger partial charge < -0.3 is 28.5 Å². The number of carbonyl (C=O) groups excluding carboxylic acids is 2. The molecule has 1 N–H and O–H groups in total. The number of carbonyl (C=O) groups is 3. The van der Waals surface area contributed by atoms with Crippen molar-refractivity contribution >= 4 is 17.9 Å². The van der Waals surface area contributed by atoms with Crippen LogP contribution in [0, 0.1) is 0 Å². The van der Waals surface area contributed by atoms with E-state index in [9.17, 15) is 19.5 Å². The average molecular weight is 911 g/mol. The Kier molecular flexibility index (Phi) is 44.4. The highest BCUT2D eigenvalue weighted by molar-refractivity contribution is 5.71. The number of unbranched alkanes of at least 4 members (excludes halogenated alkanes) is 17. The van der Waals surface area contributed by atoms with Gasteiger partial charge in [-0.25, -0.2) is 4.79 Å². The number of allylic oxidation sites excluding steroid dienone is 14. The summed E-state index contributed by atoms with van der Waals surface area (Å²) in [6.07, 6.45) is 58.6. The van der Waals surface area contributed by atoms with Crippen LogP contribution in [0.1, 0.15) is 194 Å². The lowest BCUT2D eigenvalue weighted by Crippen LogP contribution is -2.40. The molecule has 0 heterocycles. The van der Waals surface area contributed by atoms with E-state index >= 15 is 0 Å². The van der Waals surface area contributed by atoms with E-state index in [-0.39, 0.29) is 32.2 Å². The van der Waals surface area contributed by atoms with Gasteiger partial charge in [0.25, 0.3) is 6.29 Å². The van der Waals surface area contributed by atoms with E-state index in [1.165, 1.54) is 64.2 Å². The zero-order valence-corrected chi connectivity index (χ0v) is 42.1. The number of carboxylic acid groups (broad SMARTS) is 1. The standard InChI is InChI=1S/C56H95NO8/c1-6-8-10-12-13-14-15-16-17-18-19-20-21-22-23-24-25-26-27-28-29-30-31-32-33-34-35-36-37-38-39-40-41-43-45-47-54(59)65-52(50-63-53(58)46-44-42-11-9-7-2)51-64-56(55(60)61)62-49-48-57(3,4)5/h8,10,13-14,16-17,19-20,22-23,25-26,28-29,52,56H,6-7,9,11-12,15,18,21,24,27,30-51H2,1-5H3/p+1/b10-8-,14-13-,17-16-,20-19-,23-22-,26-25-,29-28-. The van der Waals surface area contributed by atoms with Gasteiger partial charge in [-0.05, 0) is 70.6 Å². The molecule has 0 spiro atoms. The number of hydrogen-bond acceptors (Lipinski definition) is 7. The molecule has 2 atom stereocenters. The van der Waals surface area contributed by atoms with Crippen molar-refractivity contribution in [3.05, 3.63) is 85.1 Å². The first-order chi connectivity index (χ1) is 31.6. The Morgan fingerprint density at radius 2 is 0.877 bits per heavy atom. The molecule has 0 aliphatic heterocycles. The van der Waals surface area contributed by atoms with E-state index in [1.54, 1.807) is 0 Å². The average Bonchev–Trinajstić information content (AvgIpc) is 3.27. The molecule has 65 heavy (non-hydrogen) atoms. The molecular weight excluding hydrogens is 815 g/mol. The van der Waals surface area contributed by atoms with Gasteiger partial charge >= 0.3 is 17.9 Å². The molecule has 0 fully saturated rings. The summed E-state index contributed by atoms with van der Waals surface area (Å²) in [6, 6.07) is 0. The minimum atomic E-state index is -1.51. The fourth-order valence-corrected chi connectivity index (χ4v) is 6.70. The van der Waals surface area contributed by atoms with Gasteiger partial charge in [-0.15, -0.1) is 0 Å². The van der Waals surface area contributed by atoms with Gasteiger partial charge in [0.15, 0.2) is 6.10 Å². The smallest absolute Gasteiger partial charge is 0.361 e. The van der Waals surface area contributed by atoms with Crippen molar-refractivity contribution in [2.24, 2.45) is 0 Å². The number of quaternary nitrogens is 1. The summed E-state index contributed by atoms with van der Waals surface area (Å²) in [7, 11) is 5.94. The molecule has 0 radical (unpaired) electrons. The Balaban J connectivity index is 3.99. The highest BCUT2D eigenvalue weighted by Crippen LogP contribution is 2.15. The lowest BCUT2D eigenvalue weighted by molar-refractivity contribution is -0.870. The van der Waals surface area contributed by atoms with E-state index in [0.717, 1.165) is 103 Å². The predicted octanol–water partition coefficient (Wildman–Crippen LogP) is 14.4. The van der Waals surface area contributed by atoms with E-state index < -0.39 is 24.3 Å². The maximum atomic E-state index is 12.7. The fourth-order valence-electron chi connectivity index (χ4n) is 6.70. The largest absolute Gasteiger partial charge is 0.477 e. The van der Waals surface area contributed by atoms with Gasteiger partial charge in [0.1, 0.15) is 13.2 Å². The molecule has 0 aliphatic rings. The third-order valence-electron chi connectivity index (χ3n) is 10.7. The van der Waals surface area contributed by atoms with Crippen molar-refractivity contribution < 1.29 is 42.9 Å². The highest BCUT2D eigenvalue weighted by atomic mass is 16.7. The second-order valence-electron chi connectivity index (χ2n) is 18.1. The lowest BCUT2D eigenvalue weighted by atomic mass is 10.0. The Bertz CT molecular complexity index is 1340. The summed E-state index contributed by atoms with van der Waals surface area (Å²) in [4.78, 5) is 36.8. The molecule has 0 aromatic carbocycles. The Morgan fingerprint density at radius 1 is 0.477 bits per heavy atom. The van der Waals surface area contributed by atoms with Crippen LogP contribution in [0.4, 0.5) is 0 Å². The van der Waals surface area contributed by atoms with Gasteiger partial charge in [0.05, 0.1) is 34.4 Å². The first kappa shape index (κ1) is 61.5. The minimum absolute atomic E-state index is 0.185. The van der Waals surface area contributed by atoms with Crippen LogP contribution >= 0.6 is 0 Å². The molecule has 0 bridgehead atoms. The molecule has 0 saturated heterocycles. The summed E-state index contributed by atoms with van der Waals surface area (Å²) in [6.45, 7) is 4.65. The van der Waals surface area contributed by atoms with E-state index in [0.29, 0.717) is 17.4 Å². The Hall–Kier alpha value is -3.53. The van der Waals surface area contributed by atoms with Crippen LogP contribution in [-0.2, 0) is 33.3 Å². The molecule has 0 amide bonds. The maximum absolute atomic E-state index is 12.7. The molecule has 0 rings (SSSR count). The number of nitrogens with zero attached hydrogens (tertiary/aromatic N) is 1.